The van der Waals surface area contributed by atoms with Gasteiger partial charge in [-0.1, -0.05) is 4.57 Å². The molecule has 0 radical (unpaired) electrons. The van der Waals surface area contributed by atoms with Crippen molar-refractivity contribution in [2.45, 2.75) is 24.9 Å². The Balaban J connectivity index is 1.46. The first-order chi connectivity index (χ1) is 14.4. The third-order valence-electron chi connectivity index (χ3n) is 4.26. The molecule has 2 aromatic rings. The van der Waals surface area contributed by atoms with Gasteiger partial charge in [-0.2, -0.15) is 4.98 Å². The van der Waals surface area contributed by atoms with Crippen LogP contribution in [0, 0.1) is 0 Å². The summed E-state index contributed by atoms with van der Waals surface area (Å²) in [5, 5.41) is 15.6. The minimum absolute atomic E-state index is 0.0857. The van der Waals surface area contributed by atoms with Crippen molar-refractivity contribution < 1.29 is 19.2 Å². The number of H-pyrrole nitrogens is 1. The lowest BCUT2D eigenvalue weighted by Crippen LogP contribution is -2.30. The lowest BCUT2D eigenvalue weighted by atomic mass is 10.2. The molecular weight excluding hydrogens is 399 g/mol. The molecule has 154 valence electrons. The molecule has 2 aromatic heterocycles. The van der Waals surface area contributed by atoms with Gasteiger partial charge in [0.15, 0.2) is 6.16 Å². The number of ether oxygens (including phenoxy) is 1. The Hall–Kier alpha value is -2.88. The number of hydrogen-bond acceptors (Lipinski definition) is 8. The fourth-order valence-corrected chi connectivity index (χ4v) is 3.29. The standard InChI is InChI=1S/C17H21N6O5P/c24-12-7-16(28-13(12)9-29-27)23-6-3-14(22-17(23)26)19-4-5-20-15(25)2-1-11-8-18-10-21-11/h1-3,6,8,10,12-13,16,24H,4-5,7,9H2,(H,18,21)(H,20,25)(H,19,22,26)/p+1/i/hT. The van der Waals surface area contributed by atoms with E-state index in [0.29, 0.717) is 24.6 Å². The predicted molar refractivity (Wildman–Crippen MR) is 106 cm³/mol. The number of aliphatic hydroxyl groups is 1. The Morgan fingerprint density at radius 3 is 3.14 bits per heavy atom. The quantitative estimate of drug-likeness (QED) is 0.248. The van der Waals surface area contributed by atoms with E-state index in [1.54, 1.807) is 18.3 Å². The van der Waals surface area contributed by atoms with Gasteiger partial charge in [-0.05, 0) is 12.1 Å². The number of anilines is 1. The molecule has 11 nitrogen and oxygen atoms in total. The summed E-state index contributed by atoms with van der Waals surface area (Å²) >= 11 is 0. The van der Waals surface area contributed by atoms with Crippen LogP contribution in [0.1, 0.15) is 18.3 Å². The summed E-state index contributed by atoms with van der Waals surface area (Å²) in [5.74, 6) is 0.0681. The van der Waals surface area contributed by atoms with Crippen LogP contribution in [0.3, 0.4) is 0 Å². The van der Waals surface area contributed by atoms with E-state index in [2.05, 4.69) is 25.6 Å². The maximum atomic E-state index is 12.3. The maximum absolute atomic E-state index is 12.3. The normalized spacial score (nSPS) is 22.4. The predicted octanol–water partition coefficient (Wildman–Crippen LogP) is -0.120. The lowest BCUT2D eigenvalue weighted by Gasteiger charge is -2.14. The van der Waals surface area contributed by atoms with Gasteiger partial charge in [0.25, 0.3) is 0 Å². The van der Waals surface area contributed by atoms with Gasteiger partial charge in [-0.15, -0.1) is 0 Å². The van der Waals surface area contributed by atoms with Crippen molar-refractivity contribution in [1.29, 1.82) is 1.28 Å². The van der Waals surface area contributed by atoms with Gasteiger partial charge in [-0.25, -0.2) is 9.78 Å². The van der Waals surface area contributed by atoms with Gasteiger partial charge in [0.05, 0.1) is 24.3 Å². The molecule has 1 aliphatic heterocycles. The first kappa shape index (κ1) is 19.4. The Morgan fingerprint density at radius 1 is 1.55 bits per heavy atom. The molecule has 4 atom stereocenters. The molecule has 1 aliphatic rings. The van der Waals surface area contributed by atoms with Crippen LogP contribution in [-0.2, 0) is 14.1 Å². The number of hydrogen-bond donors (Lipinski definition) is 4. The summed E-state index contributed by atoms with van der Waals surface area (Å²) < 4.78 is 25.0. The Labute approximate surface area is 168 Å². The number of aromatic nitrogens is 4. The summed E-state index contributed by atoms with van der Waals surface area (Å²) in [6.07, 6.45) is 5.28. The van der Waals surface area contributed by atoms with Crippen molar-refractivity contribution in [3.63, 3.8) is 0 Å². The molecule has 4 unspecified atom stereocenters. The summed E-state index contributed by atoms with van der Waals surface area (Å²) in [6, 6.07) is 1.58. The van der Waals surface area contributed by atoms with Gasteiger partial charge in [-0.3, -0.25) is 9.36 Å². The summed E-state index contributed by atoms with van der Waals surface area (Å²) in [5.41, 5.74) is 0.145. The number of rotatable bonds is 9. The topological polar surface area (TPSA) is 151 Å². The van der Waals surface area contributed by atoms with E-state index in [1.807, 2.05) is 0 Å². The average Bonchev–Trinajstić information content (AvgIpc) is 3.33. The number of nitrogens with one attached hydrogen (secondary N) is 3. The number of aliphatic hydroxyl groups excluding tert-OH is 1. The summed E-state index contributed by atoms with van der Waals surface area (Å²) in [6.45, 7) is 0.680. The molecule has 1 fully saturated rings. The van der Waals surface area contributed by atoms with Crippen LogP contribution in [0.2, 0.25) is 0 Å². The number of imidazole rings is 1. The second kappa shape index (κ2) is 10.1. The van der Waals surface area contributed by atoms with Crippen LogP contribution in [0.4, 0.5) is 5.82 Å². The highest BCUT2D eigenvalue weighted by Gasteiger charge is 2.37. The zero-order chi connectivity index (χ0) is 21.5. The second-order valence-corrected chi connectivity index (χ2v) is 6.93. The van der Waals surface area contributed by atoms with Gasteiger partial charge in [0.1, 0.15) is 18.1 Å². The van der Waals surface area contributed by atoms with Crippen molar-refractivity contribution in [2.75, 3.05) is 24.6 Å². The zero-order valence-corrected chi connectivity index (χ0v) is 16.3. The Kier molecular flexibility index (Phi) is 6.74. The smallest absolute Gasteiger partial charge is 0.388 e. The first-order valence-electron chi connectivity index (χ1n) is 9.41. The third kappa shape index (κ3) is 5.80. The van der Waals surface area contributed by atoms with Crippen molar-refractivity contribution in [2.24, 2.45) is 0 Å². The van der Waals surface area contributed by atoms with Crippen LogP contribution in [-0.4, -0.2) is 63.3 Å². The number of amides is 1. The van der Waals surface area contributed by atoms with Crippen molar-refractivity contribution in [3.05, 3.63) is 47.0 Å². The highest BCUT2D eigenvalue weighted by molar-refractivity contribution is 7.23. The number of carbonyl (C=O) groups excluding carboxylic acids is 1. The summed E-state index contributed by atoms with van der Waals surface area (Å²) in [7, 11) is -2.20. The molecule has 3 heterocycles. The minimum Gasteiger partial charge on any atom is -0.390 e. The van der Waals surface area contributed by atoms with E-state index in [0.717, 1.165) is 0 Å². The van der Waals surface area contributed by atoms with Gasteiger partial charge in [0.2, 0.25) is 5.91 Å². The molecule has 12 heteroatoms. The summed E-state index contributed by atoms with van der Waals surface area (Å²) in [4.78, 5) is 34.6. The van der Waals surface area contributed by atoms with Gasteiger partial charge in [0, 0.05) is 31.8 Å². The molecule has 4 N–H and O–H groups in total. The third-order valence-corrected chi connectivity index (χ3v) is 4.77. The number of aromatic amines is 1. The highest BCUT2D eigenvalue weighted by Crippen LogP contribution is 2.29. The van der Waals surface area contributed by atoms with Crippen molar-refractivity contribution in [1.82, 2.24) is 24.8 Å². The minimum atomic E-state index is -2.20. The van der Waals surface area contributed by atoms with E-state index < -0.39 is 32.5 Å². The number of nitrogens with zero attached hydrogens (tertiary/aromatic N) is 3. The maximum Gasteiger partial charge on any atom is 0.388 e. The van der Waals surface area contributed by atoms with Crippen LogP contribution in [0.5, 0.6) is 0 Å². The van der Waals surface area contributed by atoms with Crippen LogP contribution < -0.4 is 16.3 Å². The van der Waals surface area contributed by atoms with Crippen molar-refractivity contribution >= 4 is 26.2 Å². The Bertz CT molecular complexity index is 966. The fourth-order valence-electron chi connectivity index (χ4n) is 2.81. The molecule has 0 aromatic carbocycles. The van der Waals surface area contributed by atoms with Gasteiger partial charge >= 0.3 is 15.4 Å². The first-order valence-corrected chi connectivity index (χ1v) is 9.96. The van der Waals surface area contributed by atoms with E-state index in [1.165, 1.54) is 23.2 Å². The molecule has 1 amide bonds. The largest absolute Gasteiger partial charge is 0.390 e. The monoisotopic (exact) mass is 423 g/mol. The zero-order valence-electron chi connectivity index (χ0n) is 16.4. The molecule has 29 heavy (non-hydrogen) atoms. The Morgan fingerprint density at radius 2 is 2.41 bits per heavy atom. The second-order valence-electron chi connectivity index (χ2n) is 6.30. The highest BCUT2D eigenvalue weighted by atomic mass is 31.1. The van der Waals surface area contributed by atoms with E-state index in [-0.39, 0.29) is 18.5 Å². The van der Waals surface area contributed by atoms with Crippen LogP contribution in [0.25, 0.3) is 6.08 Å². The molecule has 1 saturated heterocycles. The van der Waals surface area contributed by atoms with Crippen molar-refractivity contribution in [3.8, 4) is 0 Å². The molecule has 0 aliphatic carbocycles. The molecular formula is C17H22N6O5P+. The SMILES string of the molecule is [3H][P+](=O)CC1OC(n2ccc(NCCNC(=O)C=Cc3cnc[nH]3)nc2=O)CC1O. The molecule has 3 rings (SSSR count). The van der Waals surface area contributed by atoms with Crippen LogP contribution in [0.15, 0.2) is 35.7 Å². The molecule has 0 saturated carbocycles. The average molecular weight is 423 g/mol. The molecule has 0 spiro atoms. The van der Waals surface area contributed by atoms with Crippen LogP contribution >= 0.6 is 8.41 Å². The van der Waals surface area contributed by atoms with E-state index >= 15 is 0 Å². The van der Waals surface area contributed by atoms with Gasteiger partial charge < -0.3 is 25.5 Å². The number of carbonyl (C=O) groups is 1. The molecule has 0 bridgehead atoms. The van der Waals surface area contributed by atoms with E-state index in [9.17, 15) is 19.3 Å². The van der Waals surface area contributed by atoms with E-state index in [4.69, 9.17) is 6.02 Å². The lowest BCUT2D eigenvalue weighted by molar-refractivity contribution is -0.116. The fraction of sp³-hybridized carbons (Fsp3) is 0.412.